The zero-order valence-corrected chi connectivity index (χ0v) is 12.9. The monoisotopic (exact) mass is 337 g/mol. The number of rotatable bonds is 6. The van der Waals surface area contributed by atoms with Gasteiger partial charge in [-0.15, -0.1) is 0 Å². The maximum atomic E-state index is 13.6. The van der Waals surface area contributed by atoms with Gasteiger partial charge in [0.25, 0.3) is 5.91 Å². The van der Waals surface area contributed by atoms with Crippen molar-refractivity contribution in [1.82, 2.24) is 0 Å². The quantitative estimate of drug-likeness (QED) is 0.822. The first-order valence-corrected chi connectivity index (χ1v) is 6.89. The number of hydrogen-bond acceptors (Lipinski definition) is 4. The lowest BCUT2D eigenvalue weighted by Gasteiger charge is -2.10. The molecule has 0 aliphatic rings. The molecule has 2 aromatic carbocycles. The minimum atomic E-state index is -0.731. The van der Waals surface area contributed by atoms with Crippen LogP contribution in [0.4, 0.5) is 4.39 Å². The largest absolute Gasteiger partial charge is 0.494 e. The van der Waals surface area contributed by atoms with Crippen LogP contribution in [0.1, 0.15) is 20.7 Å². The second-order valence-corrected chi connectivity index (χ2v) is 5.00. The molecule has 0 aliphatic heterocycles. The maximum absolute atomic E-state index is 13.6. The fourth-order valence-corrected chi connectivity index (χ4v) is 2.06. The minimum Gasteiger partial charge on any atom is -0.494 e. The topological polar surface area (TPSA) is 78.6 Å². The Morgan fingerprint density at radius 3 is 2.48 bits per heavy atom. The summed E-state index contributed by atoms with van der Waals surface area (Å²) in [5, 5.41) is 0.315. The molecule has 0 radical (unpaired) electrons. The van der Waals surface area contributed by atoms with Gasteiger partial charge in [0, 0.05) is 10.6 Å². The number of ketones is 1. The van der Waals surface area contributed by atoms with Crippen LogP contribution in [0.3, 0.4) is 0 Å². The zero-order valence-electron chi connectivity index (χ0n) is 12.1. The molecule has 0 spiro atoms. The molecule has 0 unspecified atom stereocenters. The molecule has 0 aliphatic carbocycles. The smallest absolute Gasteiger partial charge is 0.252 e. The number of hydrogen-bond donors (Lipinski definition) is 1. The minimum absolute atomic E-state index is 0.0381. The number of nitrogens with two attached hydrogens (primary N) is 1. The Kier molecular flexibility index (Phi) is 5.18. The number of carbonyl (C=O) groups is 2. The standard InChI is InChI=1S/C16H13ClFNO4/c1-22-15-4-2-9(6-12(15)18)13(20)8-23-14-5-3-10(17)7-11(14)16(19)21/h2-7H,8H2,1H3,(H2,19,21). The number of amides is 1. The van der Waals surface area contributed by atoms with E-state index in [4.69, 9.17) is 26.8 Å². The van der Waals surface area contributed by atoms with Gasteiger partial charge in [-0.3, -0.25) is 9.59 Å². The van der Waals surface area contributed by atoms with E-state index in [0.29, 0.717) is 5.02 Å². The summed E-state index contributed by atoms with van der Waals surface area (Å²) < 4.78 is 23.7. The van der Waals surface area contributed by atoms with Crippen molar-refractivity contribution in [2.45, 2.75) is 0 Å². The highest BCUT2D eigenvalue weighted by Crippen LogP contribution is 2.23. The van der Waals surface area contributed by atoms with Gasteiger partial charge in [-0.05, 0) is 36.4 Å². The van der Waals surface area contributed by atoms with Crippen molar-refractivity contribution in [3.8, 4) is 11.5 Å². The van der Waals surface area contributed by atoms with Gasteiger partial charge < -0.3 is 15.2 Å². The van der Waals surface area contributed by atoms with Gasteiger partial charge in [-0.1, -0.05) is 11.6 Å². The first kappa shape index (κ1) is 16.8. The lowest BCUT2D eigenvalue weighted by molar-refractivity contribution is 0.0911. The summed E-state index contributed by atoms with van der Waals surface area (Å²) in [6.07, 6.45) is 0. The zero-order chi connectivity index (χ0) is 17.0. The summed E-state index contributed by atoms with van der Waals surface area (Å²) in [5.41, 5.74) is 5.41. The second kappa shape index (κ2) is 7.11. The molecule has 2 N–H and O–H groups in total. The lowest BCUT2D eigenvalue weighted by atomic mass is 10.1. The highest BCUT2D eigenvalue weighted by Gasteiger charge is 2.14. The van der Waals surface area contributed by atoms with Crippen molar-refractivity contribution in [2.75, 3.05) is 13.7 Å². The molecule has 23 heavy (non-hydrogen) atoms. The van der Waals surface area contributed by atoms with Gasteiger partial charge in [0.1, 0.15) is 5.75 Å². The molecule has 0 atom stereocenters. The highest BCUT2D eigenvalue weighted by atomic mass is 35.5. The molecule has 2 rings (SSSR count). The summed E-state index contributed by atoms with van der Waals surface area (Å²) in [7, 11) is 1.33. The van der Waals surface area contributed by atoms with Crippen LogP contribution < -0.4 is 15.2 Å². The number of methoxy groups -OCH3 is 1. The molecule has 7 heteroatoms. The van der Waals surface area contributed by atoms with Crippen LogP contribution in [0.5, 0.6) is 11.5 Å². The summed E-state index contributed by atoms with van der Waals surface area (Å²) in [5.74, 6) is -1.68. The Hall–Kier alpha value is -2.60. The molecule has 120 valence electrons. The first-order valence-electron chi connectivity index (χ1n) is 6.51. The van der Waals surface area contributed by atoms with Crippen LogP contribution in [-0.4, -0.2) is 25.4 Å². The Labute approximate surface area is 136 Å². The molecule has 2 aromatic rings. The second-order valence-electron chi connectivity index (χ2n) is 4.57. The summed E-state index contributed by atoms with van der Waals surface area (Å²) in [6.45, 7) is -0.381. The molecular weight excluding hydrogens is 325 g/mol. The van der Waals surface area contributed by atoms with Crippen molar-refractivity contribution in [1.29, 1.82) is 0 Å². The van der Waals surface area contributed by atoms with E-state index in [2.05, 4.69) is 0 Å². The van der Waals surface area contributed by atoms with E-state index in [9.17, 15) is 14.0 Å². The number of benzene rings is 2. The number of carbonyl (C=O) groups excluding carboxylic acids is 2. The van der Waals surface area contributed by atoms with E-state index in [1.165, 1.54) is 37.4 Å². The SMILES string of the molecule is COc1ccc(C(=O)COc2ccc(Cl)cc2C(N)=O)cc1F. The Morgan fingerprint density at radius 1 is 1.17 bits per heavy atom. The van der Waals surface area contributed by atoms with Crippen molar-refractivity contribution in [2.24, 2.45) is 5.73 Å². The average Bonchev–Trinajstić information content (AvgIpc) is 2.53. The predicted octanol–water partition coefficient (Wildman–Crippen LogP) is 2.85. The number of primary amides is 1. The van der Waals surface area contributed by atoms with Gasteiger partial charge in [0.15, 0.2) is 24.0 Å². The van der Waals surface area contributed by atoms with Crippen LogP contribution >= 0.6 is 11.6 Å². The summed E-state index contributed by atoms with van der Waals surface area (Å²) in [4.78, 5) is 23.4. The Bertz CT molecular complexity index is 764. The first-order chi connectivity index (χ1) is 10.9. The molecule has 0 heterocycles. The third-order valence-corrected chi connectivity index (χ3v) is 3.27. The molecule has 1 amide bonds. The van der Waals surface area contributed by atoms with E-state index < -0.39 is 17.5 Å². The maximum Gasteiger partial charge on any atom is 0.252 e. The third kappa shape index (κ3) is 3.98. The molecular formula is C16H13ClFNO4. The molecule has 0 saturated heterocycles. The van der Waals surface area contributed by atoms with Gasteiger partial charge in [-0.2, -0.15) is 0 Å². The number of halogens is 2. The van der Waals surface area contributed by atoms with Crippen molar-refractivity contribution in [3.63, 3.8) is 0 Å². The van der Waals surface area contributed by atoms with Crippen molar-refractivity contribution >= 4 is 23.3 Å². The third-order valence-electron chi connectivity index (χ3n) is 3.04. The summed E-state index contributed by atoms with van der Waals surface area (Å²) >= 11 is 5.78. The molecule has 0 bridgehead atoms. The van der Waals surface area contributed by atoms with Crippen LogP contribution in [0.2, 0.25) is 5.02 Å². The number of ether oxygens (including phenoxy) is 2. The molecule has 5 nitrogen and oxygen atoms in total. The predicted molar refractivity (Wildman–Crippen MR) is 82.7 cm³/mol. The normalized spacial score (nSPS) is 10.2. The highest BCUT2D eigenvalue weighted by molar-refractivity contribution is 6.31. The van der Waals surface area contributed by atoms with Gasteiger partial charge in [-0.25, -0.2) is 4.39 Å². The van der Waals surface area contributed by atoms with Crippen molar-refractivity contribution in [3.05, 3.63) is 58.4 Å². The number of Topliss-reactive ketones (excluding diaryl/α,β-unsaturated/α-hetero) is 1. The van der Waals surface area contributed by atoms with Crippen molar-refractivity contribution < 1.29 is 23.5 Å². The summed E-state index contributed by atoms with van der Waals surface area (Å²) in [6, 6.07) is 8.10. The molecule has 0 saturated carbocycles. The van der Waals surface area contributed by atoms with Gasteiger partial charge in [0.2, 0.25) is 0 Å². The van der Waals surface area contributed by atoms with E-state index in [1.54, 1.807) is 0 Å². The van der Waals surface area contributed by atoms with Crippen LogP contribution in [0.15, 0.2) is 36.4 Å². The lowest BCUT2D eigenvalue weighted by Crippen LogP contribution is -2.16. The van der Waals surface area contributed by atoms with Crippen LogP contribution in [-0.2, 0) is 0 Å². The van der Waals surface area contributed by atoms with E-state index >= 15 is 0 Å². The van der Waals surface area contributed by atoms with E-state index in [0.717, 1.165) is 6.07 Å². The molecule has 0 aromatic heterocycles. The fraction of sp³-hybridized carbons (Fsp3) is 0.125. The Balaban J connectivity index is 2.13. The Morgan fingerprint density at radius 2 is 1.87 bits per heavy atom. The van der Waals surface area contributed by atoms with E-state index in [1.807, 2.05) is 0 Å². The van der Waals surface area contributed by atoms with Crippen LogP contribution in [0, 0.1) is 5.82 Å². The van der Waals surface area contributed by atoms with Gasteiger partial charge in [0.05, 0.1) is 12.7 Å². The van der Waals surface area contributed by atoms with E-state index in [-0.39, 0.29) is 29.2 Å². The average molecular weight is 338 g/mol. The van der Waals surface area contributed by atoms with Crippen LogP contribution in [0.25, 0.3) is 0 Å². The molecule has 0 fully saturated rings. The fourth-order valence-electron chi connectivity index (χ4n) is 1.89. The van der Waals surface area contributed by atoms with Gasteiger partial charge >= 0.3 is 0 Å².